The van der Waals surface area contributed by atoms with Gasteiger partial charge in [0.2, 0.25) is 13.1 Å². The number of hydrogen-bond acceptors (Lipinski definition) is 23. The SMILES string of the molecule is [C-]#[N+]CCOP(=S)(OC[C@H]1O[C@@H](n2cc(C)c(NC(=O)c3ccccc3)nc2=O)C[C@H]1O[Si](c1ccccc1)(c1ccccc1)C(C)(C)C)O[C@@H]1C[C@H](n2cc(C)c(NC(=O)c3ccccc3)nc2=O)O[C@@H]1COP(=S)(OCC[N+]#[C-])O[C@@H]1C[C@H](n2cnc3c(NC(=O)c4ccccc4)ncnc32)O[C@@H]1CO. The van der Waals surface area contributed by atoms with Crippen LogP contribution < -0.4 is 37.7 Å². The van der Waals surface area contributed by atoms with Crippen molar-refractivity contribution in [3.63, 3.8) is 0 Å². The molecule has 3 saturated heterocycles. The highest BCUT2D eigenvalue weighted by Crippen LogP contribution is 2.57. The van der Waals surface area contributed by atoms with Gasteiger partial charge in [-0.3, -0.25) is 28.1 Å². The molecule has 9 aromatic rings. The van der Waals surface area contributed by atoms with E-state index < -0.39 is 124 Å². The fourth-order valence-corrected chi connectivity index (χ4v) is 21.8. The Morgan fingerprint density at radius 2 is 0.953 bits per heavy atom. The Labute approximate surface area is 627 Å². The van der Waals surface area contributed by atoms with Crippen molar-refractivity contribution in [2.24, 2.45) is 0 Å². The third-order valence-electron chi connectivity index (χ3n) is 18.1. The second-order valence-electron chi connectivity index (χ2n) is 26.2. The van der Waals surface area contributed by atoms with Gasteiger partial charge in [0.1, 0.15) is 68.2 Å². The highest BCUT2D eigenvalue weighted by molar-refractivity contribution is 8.07. The van der Waals surface area contributed by atoms with Gasteiger partial charge < -0.3 is 76.5 Å². The number of carbonyl (C=O) groups is 3. The fourth-order valence-electron chi connectivity index (χ4n) is 12.9. The number of aliphatic hydroxyl groups is 1. The van der Waals surface area contributed by atoms with Gasteiger partial charge in [-0.05, 0) is 89.3 Å². The van der Waals surface area contributed by atoms with E-state index in [9.17, 15) is 29.1 Å². The van der Waals surface area contributed by atoms with Crippen LogP contribution in [0.25, 0.3) is 20.9 Å². The zero-order chi connectivity index (χ0) is 75.5. The number of nitrogens with one attached hydrogen (secondary N) is 3. The van der Waals surface area contributed by atoms with E-state index in [0.717, 1.165) is 10.4 Å². The fraction of sp³-hybridized carbons (Fsp3) is 0.342. The number of benzene rings is 5. The number of imidazole rings is 1. The van der Waals surface area contributed by atoms with Crippen LogP contribution in [0, 0.1) is 27.0 Å². The second-order valence-corrected chi connectivity index (χ2v) is 36.4. The maximum Gasteiger partial charge on any atom is 0.351 e. The number of anilines is 3. The van der Waals surface area contributed by atoms with Crippen molar-refractivity contribution < 1.29 is 65.3 Å². The van der Waals surface area contributed by atoms with Gasteiger partial charge in [0.25, 0.3) is 26.0 Å². The van der Waals surface area contributed by atoms with Gasteiger partial charge in [-0.1, -0.05) is 136 Å². The van der Waals surface area contributed by atoms with E-state index in [2.05, 4.69) is 71.3 Å². The van der Waals surface area contributed by atoms with Crippen LogP contribution in [0.1, 0.15) is 101 Å². The Hall–Kier alpha value is -9.12. The molecule has 107 heavy (non-hydrogen) atoms. The summed E-state index contributed by atoms with van der Waals surface area (Å²) < 4.78 is 71.6. The molecule has 4 aromatic heterocycles. The molecule has 5 aromatic carbocycles. The molecule has 3 fully saturated rings. The quantitative estimate of drug-likeness (QED) is 0.0141. The zero-order valence-electron chi connectivity index (χ0n) is 58.8. The molecule has 29 nitrogen and oxygen atoms in total. The molecule has 11 atom stereocenters. The third-order valence-corrected chi connectivity index (χ3v) is 27.9. The topological polar surface area (TPSA) is 322 Å². The number of rotatable bonds is 30. The lowest BCUT2D eigenvalue weighted by Gasteiger charge is -2.45. The highest BCUT2D eigenvalue weighted by Gasteiger charge is 2.55. The summed E-state index contributed by atoms with van der Waals surface area (Å²) in [6, 6.07) is 45.4. The molecule has 7 heterocycles. The van der Waals surface area contributed by atoms with Crippen molar-refractivity contribution >= 4 is 102 Å². The standard InChI is InChI=1S/C73H77N13O16P2S2Si/c1-47-40-84(71(91)82-64(47)79-68(88)49-23-13-8-14-24-49)60-38-55(58(98-60)43-95-103(105,93-35-33-74-6)100-54-37-62(97-57(54)42-87)86-46-78-63-66(76-45-77-67(63)86)81-70(90)51-27-17-10-18-28-51)101-104(106,94-36-34-75-7)96-44-59-56(102-107(73(3,4)5,52-29-19-11-20-30-52)53-31-21-12-22-32-53)39-61(99-59)85-41-48(2)65(83-72(85)92)80-69(89)50-25-15-9-16-26-50/h8-32,40-41,45-46,54-62,87H,33-39,42-44H2,1-5H3,(H,76,77,81,90)(H,79,82,88,91)(H,80,83,89,92)/t54-,55-,56-,57-,58-,59-,60-,61-,62-,103?,104?/m1/s1. The predicted molar refractivity (Wildman–Crippen MR) is 405 cm³/mol. The second kappa shape index (κ2) is 34.4. The number of ether oxygens (including phenoxy) is 3. The average molecular weight is 1550 g/mol. The number of aromatic nitrogens is 8. The lowest BCUT2D eigenvalue weighted by molar-refractivity contribution is -0.0569. The minimum atomic E-state index is -4.19. The first-order valence-corrected chi connectivity index (χ1v) is 41.2. The Balaban J connectivity index is 0.856. The molecule has 0 radical (unpaired) electrons. The summed E-state index contributed by atoms with van der Waals surface area (Å²) >= 11 is 12.6. The lowest BCUT2D eigenvalue weighted by Crippen LogP contribution is -2.68. The normalized spacial score (nSPS) is 21.2. The van der Waals surface area contributed by atoms with Crippen LogP contribution in [0.15, 0.2) is 186 Å². The highest BCUT2D eigenvalue weighted by atomic mass is 32.5. The summed E-state index contributed by atoms with van der Waals surface area (Å²) in [5.41, 5.74) is 0.917. The number of nitrogens with zero attached hydrogens (tertiary/aromatic N) is 10. The van der Waals surface area contributed by atoms with Crippen LogP contribution in [0.3, 0.4) is 0 Å². The van der Waals surface area contributed by atoms with E-state index in [4.69, 9.17) is 82.5 Å². The summed E-state index contributed by atoms with van der Waals surface area (Å²) in [6.07, 6.45) is -3.82. The molecule has 556 valence electrons. The van der Waals surface area contributed by atoms with E-state index in [-0.39, 0.29) is 80.8 Å². The van der Waals surface area contributed by atoms with Gasteiger partial charge in [-0.25, -0.2) is 37.7 Å². The largest absolute Gasteiger partial charge is 0.402 e. The van der Waals surface area contributed by atoms with Gasteiger partial charge in [-0.2, -0.15) is 9.97 Å². The minimum absolute atomic E-state index is 0.00240. The van der Waals surface area contributed by atoms with Crippen molar-refractivity contribution in [2.45, 2.75) is 114 Å². The maximum absolute atomic E-state index is 14.4. The molecule has 2 unspecified atom stereocenters. The van der Waals surface area contributed by atoms with Crippen LogP contribution >= 0.6 is 13.4 Å². The average Bonchev–Trinajstić information content (AvgIpc) is 1.46. The summed E-state index contributed by atoms with van der Waals surface area (Å²) in [6.45, 7) is 14.6. The molecule has 34 heteroatoms. The van der Waals surface area contributed by atoms with Crippen molar-refractivity contribution in [3.05, 3.63) is 248 Å². The number of amides is 3. The molecule has 3 aliphatic rings. The van der Waals surface area contributed by atoms with Crippen LogP contribution in [-0.4, -0.2) is 153 Å². The van der Waals surface area contributed by atoms with Crippen LogP contribution in [0.5, 0.6) is 0 Å². The van der Waals surface area contributed by atoms with Crippen LogP contribution in [0.4, 0.5) is 17.5 Å². The van der Waals surface area contributed by atoms with E-state index >= 15 is 0 Å². The monoisotopic (exact) mass is 1550 g/mol. The smallest absolute Gasteiger partial charge is 0.351 e. The summed E-state index contributed by atoms with van der Waals surface area (Å²) in [5.74, 6) is -1.19. The lowest BCUT2D eigenvalue weighted by atomic mass is 10.2. The number of hydrogen-bond donors (Lipinski definition) is 4. The zero-order valence-corrected chi connectivity index (χ0v) is 63.2. The number of carbonyl (C=O) groups excluding carboxylic acids is 3. The van der Waals surface area contributed by atoms with Crippen LogP contribution in [0.2, 0.25) is 5.04 Å². The van der Waals surface area contributed by atoms with Crippen molar-refractivity contribution in [1.82, 2.24) is 38.6 Å². The summed E-state index contributed by atoms with van der Waals surface area (Å²) in [4.78, 5) is 97.6. The van der Waals surface area contributed by atoms with Crippen molar-refractivity contribution in [1.29, 1.82) is 0 Å². The molecule has 0 aliphatic carbocycles. The molecule has 4 N–H and O–H groups in total. The van der Waals surface area contributed by atoms with E-state index in [1.54, 1.807) is 116 Å². The molecular formula is C73H77N13O16P2S2Si. The van der Waals surface area contributed by atoms with E-state index in [0.29, 0.717) is 27.8 Å². The molecule has 12 rings (SSSR count). The van der Waals surface area contributed by atoms with Gasteiger partial charge in [-0.15, -0.1) is 0 Å². The van der Waals surface area contributed by atoms with Crippen molar-refractivity contribution in [3.8, 4) is 0 Å². The van der Waals surface area contributed by atoms with Crippen molar-refractivity contribution in [2.75, 3.05) is 62.1 Å². The number of aliphatic hydroxyl groups excluding tert-OH is 1. The van der Waals surface area contributed by atoms with E-state index in [1.807, 2.05) is 60.7 Å². The molecule has 3 amide bonds. The van der Waals surface area contributed by atoms with E-state index in [1.165, 1.54) is 28.0 Å². The Morgan fingerprint density at radius 1 is 0.561 bits per heavy atom. The third kappa shape index (κ3) is 18.0. The molecule has 0 saturated carbocycles. The summed E-state index contributed by atoms with van der Waals surface area (Å²) in [5, 5.41) is 20.5. The number of aryl methyl sites for hydroxylation is 2. The Morgan fingerprint density at radius 3 is 1.38 bits per heavy atom. The first-order valence-electron chi connectivity index (χ1n) is 34.2. The molecule has 0 bridgehead atoms. The molecule has 0 spiro atoms. The first-order chi connectivity index (χ1) is 51.6. The number of fused-ring (bicyclic) bond motifs is 1. The minimum Gasteiger partial charge on any atom is -0.402 e. The Kier molecular flexibility index (Phi) is 24.9. The molecular weight excluding hydrogens is 1470 g/mol. The maximum atomic E-state index is 14.4. The van der Waals surface area contributed by atoms with Gasteiger partial charge >= 0.3 is 24.8 Å². The predicted octanol–water partition coefficient (Wildman–Crippen LogP) is 9.64. The molecule has 3 aliphatic heterocycles. The Bertz CT molecular complexity index is 4930. The first kappa shape index (κ1) is 77.5. The van der Waals surface area contributed by atoms with Gasteiger partial charge in [0.05, 0.1) is 44.5 Å². The van der Waals surface area contributed by atoms with Gasteiger partial charge in [0.15, 0.2) is 17.0 Å². The van der Waals surface area contributed by atoms with Gasteiger partial charge in [0, 0.05) is 59.5 Å². The summed E-state index contributed by atoms with van der Waals surface area (Å²) in [7, 11) is -3.44. The van der Waals surface area contributed by atoms with Crippen LogP contribution in [-0.2, 0) is 69.4 Å².